The van der Waals surface area contributed by atoms with Gasteiger partial charge in [-0.3, -0.25) is 4.98 Å². The van der Waals surface area contributed by atoms with Crippen LogP contribution < -0.4 is 0 Å². The number of nitrogens with zero attached hydrogens (tertiary/aromatic N) is 1. The standard InChI is InChI=1S/C42H37N/c1-8-12-17-28(5)30(7)36-21-16-22-37(33(36)9-2)42-35(11-4)34(10-3)41(38-19-13-14-20-39(38)42)32-26-24-31(25-27-32)40-23-15-18-29(6)43-40/h8-27H,2-4,7H2,1,5-6H3/b12-8-,28-17+. The molecule has 210 valence electrons. The second kappa shape index (κ2) is 12.7. The van der Waals surface area contributed by atoms with Gasteiger partial charge < -0.3 is 0 Å². The molecule has 1 aromatic heterocycles. The summed E-state index contributed by atoms with van der Waals surface area (Å²) >= 11 is 0. The van der Waals surface area contributed by atoms with Crippen LogP contribution in [0.1, 0.15) is 41.8 Å². The summed E-state index contributed by atoms with van der Waals surface area (Å²) < 4.78 is 0. The van der Waals surface area contributed by atoms with E-state index < -0.39 is 0 Å². The summed E-state index contributed by atoms with van der Waals surface area (Å²) in [6.07, 6.45) is 12.0. The summed E-state index contributed by atoms with van der Waals surface area (Å²) in [6.45, 7) is 23.4. The first-order valence-electron chi connectivity index (χ1n) is 14.6. The van der Waals surface area contributed by atoms with Crippen molar-refractivity contribution in [2.45, 2.75) is 20.8 Å². The minimum Gasteiger partial charge on any atom is -0.253 e. The zero-order valence-electron chi connectivity index (χ0n) is 25.3. The van der Waals surface area contributed by atoms with Crippen molar-refractivity contribution in [3.63, 3.8) is 0 Å². The second-order valence-corrected chi connectivity index (χ2v) is 10.6. The van der Waals surface area contributed by atoms with Gasteiger partial charge in [-0.25, -0.2) is 0 Å². The number of aryl methyl sites for hydroxylation is 1. The Balaban J connectivity index is 1.77. The molecule has 0 aliphatic heterocycles. The third-order valence-corrected chi connectivity index (χ3v) is 7.98. The number of rotatable bonds is 9. The monoisotopic (exact) mass is 555 g/mol. The van der Waals surface area contributed by atoms with Crippen LogP contribution in [0.2, 0.25) is 0 Å². The van der Waals surface area contributed by atoms with Gasteiger partial charge in [0.05, 0.1) is 5.69 Å². The van der Waals surface area contributed by atoms with Gasteiger partial charge in [-0.2, -0.15) is 0 Å². The van der Waals surface area contributed by atoms with Crippen LogP contribution >= 0.6 is 0 Å². The van der Waals surface area contributed by atoms with Crippen molar-refractivity contribution in [3.8, 4) is 33.5 Å². The molecule has 5 rings (SSSR count). The van der Waals surface area contributed by atoms with Crippen LogP contribution in [0.25, 0.3) is 68.1 Å². The lowest BCUT2D eigenvalue weighted by Crippen LogP contribution is -1.99. The molecule has 1 nitrogen and oxygen atoms in total. The van der Waals surface area contributed by atoms with Gasteiger partial charge in [0.25, 0.3) is 0 Å². The quantitative estimate of drug-likeness (QED) is 0.165. The van der Waals surface area contributed by atoms with Gasteiger partial charge in [0, 0.05) is 11.3 Å². The number of allylic oxidation sites excluding steroid dienone is 5. The van der Waals surface area contributed by atoms with E-state index in [2.05, 4.69) is 112 Å². The van der Waals surface area contributed by atoms with Crippen molar-refractivity contribution >= 4 is 34.6 Å². The first kappa shape index (κ1) is 29.2. The number of pyridine rings is 1. The second-order valence-electron chi connectivity index (χ2n) is 10.6. The minimum atomic E-state index is 0.969. The molecule has 1 heteroatoms. The molecule has 0 aliphatic carbocycles. The smallest absolute Gasteiger partial charge is 0.0705 e. The van der Waals surface area contributed by atoms with Crippen LogP contribution in [-0.4, -0.2) is 4.98 Å². The van der Waals surface area contributed by atoms with Crippen molar-refractivity contribution in [3.05, 3.63) is 163 Å². The molecule has 0 aliphatic rings. The molecule has 43 heavy (non-hydrogen) atoms. The highest BCUT2D eigenvalue weighted by atomic mass is 14.7. The van der Waals surface area contributed by atoms with Crippen LogP contribution in [-0.2, 0) is 0 Å². The van der Waals surface area contributed by atoms with Gasteiger partial charge in [0.2, 0.25) is 0 Å². The van der Waals surface area contributed by atoms with E-state index in [0.717, 1.165) is 83.4 Å². The predicted molar refractivity (Wildman–Crippen MR) is 191 cm³/mol. The number of aromatic nitrogens is 1. The summed E-state index contributed by atoms with van der Waals surface area (Å²) in [5.74, 6) is 0. The minimum absolute atomic E-state index is 0.969. The summed E-state index contributed by atoms with van der Waals surface area (Å²) in [7, 11) is 0. The fourth-order valence-electron chi connectivity index (χ4n) is 5.84. The molecule has 5 aromatic rings. The van der Waals surface area contributed by atoms with Crippen molar-refractivity contribution < 1.29 is 0 Å². The molecule has 0 amide bonds. The summed E-state index contributed by atoms with van der Waals surface area (Å²) in [5, 5.41) is 2.30. The van der Waals surface area contributed by atoms with Gasteiger partial charge in [0.1, 0.15) is 0 Å². The lowest BCUT2D eigenvalue weighted by atomic mass is 9.81. The van der Waals surface area contributed by atoms with E-state index in [9.17, 15) is 0 Å². The molecule has 0 N–H and O–H groups in total. The first-order chi connectivity index (χ1) is 20.9. The molecule has 0 saturated heterocycles. The average molecular weight is 556 g/mol. The zero-order chi connectivity index (χ0) is 30.5. The van der Waals surface area contributed by atoms with Crippen LogP contribution in [0.4, 0.5) is 0 Å². The summed E-state index contributed by atoms with van der Waals surface area (Å²) in [6, 6.07) is 29.8. The molecule has 0 fully saturated rings. The van der Waals surface area contributed by atoms with E-state index in [-0.39, 0.29) is 0 Å². The van der Waals surface area contributed by atoms with Gasteiger partial charge in [-0.15, -0.1) is 0 Å². The van der Waals surface area contributed by atoms with Gasteiger partial charge in [-0.05, 0) is 99.3 Å². The Kier molecular flexibility index (Phi) is 8.64. The van der Waals surface area contributed by atoms with Crippen molar-refractivity contribution in [2.24, 2.45) is 0 Å². The topological polar surface area (TPSA) is 12.9 Å². The number of hydrogen-bond acceptors (Lipinski definition) is 1. The third-order valence-electron chi connectivity index (χ3n) is 7.98. The van der Waals surface area contributed by atoms with E-state index in [4.69, 9.17) is 4.98 Å². The van der Waals surface area contributed by atoms with Crippen LogP contribution in [0.15, 0.2) is 135 Å². The van der Waals surface area contributed by atoms with Crippen LogP contribution in [0.5, 0.6) is 0 Å². The first-order valence-corrected chi connectivity index (χ1v) is 14.6. The van der Waals surface area contributed by atoms with Crippen molar-refractivity contribution in [2.75, 3.05) is 0 Å². The van der Waals surface area contributed by atoms with Gasteiger partial charge >= 0.3 is 0 Å². The highest BCUT2D eigenvalue weighted by Gasteiger charge is 2.21. The maximum absolute atomic E-state index is 4.71. The average Bonchev–Trinajstić information content (AvgIpc) is 3.05. The normalized spacial score (nSPS) is 11.6. The van der Waals surface area contributed by atoms with Crippen LogP contribution in [0, 0.1) is 6.92 Å². The Hall–Kier alpha value is -5.27. The molecular weight excluding hydrogens is 518 g/mol. The van der Waals surface area contributed by atoms with Crippen molar-refractivity contribution in [1.29, 1.82) is 0 Å². The van der Waals surface area contributed by atoms with E-state index in [0.29, 0.717) is 0 Å². The zero-order valence-corrected chi connectivity index (χ0v) is 25.3. The predicted octanol–water partition coefficient (Wildman–Crippen LogP) is 12.0. The fraction of sp³-hybridized carbons (Fsp3) is 0.0714. The van der Waals surface area contributed by atoms with Crippen LogP contribution in [0.3, 0.4) is 0 Å². The number of benzene rings is 4. The lowest BCUT2D eigenvalue weighted by molar-refractivity contribution is 1.21. The molecule has 4 aromatic carbocycles. The highest BCUT2D eigenvalue weighted by Crippen LogP contribution is 2.45. The molecule has 0 atom stereocenters. The third kappa shape index (κ3) is 5.50. The molecule has 0 radical (unpaired) electrons. The van der Waals surface area contributed by atoms with E-state index in [1.807, 2.05) is 56.4 Å². The maximum atomic E-state index is 4.71. The molecule has 0 spiro atoms. The highest BCUT2D eigenvalue weighted by molar-refractivity contribution is 6.12. The SMILES string of the molecule is C=Cc1c(C(=C)/C(C)=C/C=C\C)cccc1-c1c(C=C)c(C=C)c(-c2ccc(-c3cccc(C)n3)cc2)c2ccccc12. The van der Waals surface area contributed by atoms with Crippen molar-refractivity contribution in [1.82, 2.24) is 4.98 Å². The Labute approximate surface area is 256 Å². The maximum Gasteiger partial charge on any atom is 0.0705 e. The van der Waals surface area contributed by atoms with E-state index >= 15 is 0 Å². The number of fused-ring (bicyclic) bond motifs is 1. The van der Waals surface area contributed by atoms with Gasteiger partial charge in [0.15, 0.2) is 0 Å². The summed E-state index contributed by atoms with van der Waals surface area (Å²) in [5.41, 5.74) is 13.8. The molecule has 1 heterocycles. The van der Waals surface area contributed by atoms with Gasteiger partial charge in [-0.1, -0.05) is 136 Å². The number of hydrogen-bond donors (Lipinski definition) is 0. The molecular formula is C42H37N. The largest absolute Gasteiger partial charge is 0.253 e. The summed E-state index contributed by atoms with van der Waals surface area (Å²) in [4.78, 5) is 4.71. The molecule has 0 unspecified atom stereocenters. The lowest BCUT2D eigenvalue weighted by Gasteiger charge is -2.22. The Morgan fingerprint density at radius 3 is 1.91 bits per heavy atom. The van der Waals surface area contributed by atoms with E-state index in [1.54, 1.807) is 0 Å². The Bertz CT molecular complexity index is 1940. The Morgan fingerprint density at radius 2 is 1.28 bits per heavy atom. The molecule has 0 saturated carbocycles. The fourth-order valence-corrected chi connectivity index (χ4v) is 5.84. The molecule has 0 bridgehead atoms. The van der Waals surface area contributed by atoms with E-state index in [1.165, 1.54) is 0 Å². The Morgan fingerprint density at radius 1 is 0.674 bits per heavy atom.